The van der Waals surface area contributed by atoms with Gasteiger partial charge in [-0.2, -0.15) is 0 Å². The minimum Gasteiger partial charge on any atom is -0.457 e. The Bertz CT molecular complexity index is 1350. The van der Waals surface area contributed by atoms with E-state index < -0.39 is 11.8 Å². The molecule has 0 aromatic heterocycles. The Balaban J connectivity index is 1.39. The predicted molar refractivity (Wildman–Crippen MR) is 149 cm³/mol. The molecule has 0 saturated heterocycles. The third-order valence-electron chi connectivity index (χ3n) is 5.64. The number of nitrogens with one attached hydrogen (secondary N) is 3. The summed E-state index contributed by atoms with van der Waals surface area (Å²) in [5, 5.41) is 8.21. The summed E-state index contributed by atoms with van der Waals surface area (Å²) in [7, 11) is 0. The largest absolute Gasteiger partial charge is 0.457 e. The van der Waals surface area contributed by atoms with Crippen LogP contribution in [0.25, 0.3) is 0 Å². The molecule has 7 nitrogen and oxygen atoms in total. The fraction of sp³-hybridized carbons (Fsp3) is 0.133. The number of urea groups is 2. The summed E-state index contributed by atoms with van der Waals surface area (Å²) in [5.41, 5.74) is 2.48. The molecule has 0 unspecified atom stereocenters. The van der Waals surface area contributed by atoms with Gasteiger partial charge in [0.1, 0.15) is 17.3 Å². The summed E-state index contributed by atoms with van der Waals surface area (Å²) in [6, 6.07) is 29.1. The van der Waals surface area contributed by atoms with Crippen LogP contribution < -0.4 is 25.6 Å². The summed E-state index contributed by atoms with van der Waals surface area (Å²) in [6.07, 6.45) is 0.467. The van der Waals surface area contributed by atoms with E-state index in [1.54, 1.807) is 36.4 Å². The van der Waals surface area contributed by atoms with Crippen molar-refractivity contribution in [1.29, 1.82) is 0 Å². The van der Waals surface area contributed by atoms with E-state index in [0.717, 1.165) is 5.56 Å². The van der Waals surface area contributed by atoms with Gasteiger partial charge in [0.05, 0.1) is 5.69 Å². The third-order valence-corrected chi connectivity index (χ3v) is 5.64. The first-order chi connectivity index (χ1) is 18.5. The van der Waals surface area contributed by atoms with E-state index in [4.69, 9.17) is 4.74 Å². The van der Waals surface area contributed by atoms with E-state index in [1.807, 2.05) is 61.5 Å². The zero-order valence-corrected chi connectivity index (χ0v) is 21.0. The number of halogens is 1. The van der Waals surface area contributed by atoms with Gasteiger partial charge in [-0.15, -0.1) is 0 Å². The van der Waals surface area contributed by atoms with Crippen LogP contribution in [-0.4, -0.2) is 25.2 Å². The van der Waals surface area contributed by atoms with E-state index in [2.05, 4.69) is 16.0 Å². The summed E-state index contributed by atoms with van der Waals surface area (Å²) in [4.78, 5) is 26.9. The summed E-state index contributed by atoms with van der Waals surface area (Å²) < 4.78 is 20.0. The van der Waals surface area contributed by atoms with Gasteiger partial charge in [-0.05, 0) is 74.0 Å². The number of nitrogens with zero attached hydrogens (tertiary/aromatic N) is 1. The fourth-order valence-electron chi connectivity index (χ4n) is 3.66. The minimum absolute atomic E-state index is 0.0853. The average molecular weight is 513 g/mol. The Morgan fingerprint density at radius 2 is 1.45 bits per heavy atom. The first-order valence-electron chi connectivity index (χ1n) is 12.3. The molecule has 4 aromatic rings. The normalized spacial score (nSPS) is 10.4. The lowest BCUT2D eigenvalue weighted by Gasteiger charge is -2.24. The number of benzene rings is 4. The standard InChI is InChI=1S/C30H29FN4O3/c1-22-12-14-23(15-13-22)33-29(36)32-20-7-21-35(30(37)34-28-11-6-5-10-27(28)31)24-16-18-26(19-17-24)38-25-8-3-2-4-9-25/h2-6,8-19H,7,20-21H2,1H3,(H,34,37)(H2,32,33,36). The Kier molecular flexibility index (Phi) is 8.91. The van der Waals surface area contributed by atoms with Crippen molar-refractivity contribution >= 4 is 29.1 Å². The van der Waals surface area contributed by atoms with Crippen molar-refractivity contribution in [3.8, 4) is 11.5 Å². The Morgan fingerprint density at radius 1 is 0.789 bits per heavy atom. The Morgan fingerprint density at radius 3 is 2.16 bits per heavy atom. The highest BCUT2D eigenvalue weighted by Crippen LogP contribution is 2.25. The second kappa shape index (κ2) is 12.9. The predicted octanol–water partition coefficient (Wildman–Crippen LogP) is 7.18. The molecule has 0 saturated carbocycles. The Hall–Kier alpha value is -4.85. The van der Waals surface area contributed by atoms with Crippen LogP contribution in [0, 0.1) is 12.7 Å². The van der Waals surface area contributed by atoms with Crippen molar-refractivity contribution in [2.24, 2.45) is 0 Å². The average Bonchev–Trinajstić information content (AvgIpc) is 2.92. The minimum atomic E-state index is -0.526. The van der Waals surface area contributed by atoms with Crippen LogP contribution in [0.4, 0.5) is 31.0 Å². The fourth-order valence-corrected chi connectivity index (χ4v) is 3.66. The maximum absolute atomic E-state index is 14.2. The maximum Gasteiger partial charge on any atom is 0.326 e. The molecule has 0 fully saturated rings. The molecule has 4 amide bonds. The topological polar surface area (TPSA) is 82.7 Å². The number of hydrogen-bond acceptors (Lipinski definition) is 3. The van der Waals surface area contributed by atoms with Crippen LogP contribution in [0.2, 0.25) is 0 Å². The molecule has 0 aliphatic heterocycles. The molecule has 0 aliphatic rings. The lowest BCUT2D eigenvalue weighted by molar-refractivity contribution is 0.252. The smallest absolute Gasteiger partial charge is 0.326 e. The molecule has 8 heteroatoms. The zero-order valence-electron chi connectivity index (χ0n) is 21.0. The highest BCUT2D eigenvalue weighted by molar-refractivity contribution is 6.01. The van der Waals surface area contributed by atoms with Gasteiger partial charge in [0, 0.05) is 24.5 Å². The number of rotatable bonds is 9. The van der Waals surface area contributed by atoms with E-state index in [9.17, 15) is 14.0 Å². The second-order valence-corrected chi connectivity index (χ2v) is 8.57. The molecule has 0 heterocycles. The van der Waals surface area contributed by atoms with Gasteiger partial charge in [-0.3, -0.25) is 4.90 Å². The molecule has 3 N–H and O–H groups in total. The van der Waals surface area contributed by atoms with Crippen molar-refractivity contribution in [1.82, 2.24) is 5.32 Å². The molecule has 0 spiro atoms. The van der Waals surface area contributed by atoms with Crippen molar-refractivity contribution in [3.05, 3.63) is 115 Å². The molecule has 194 valence electrons. The SMILES string of the molecule is Cc1ccc(NC(=O)NCCCN(C(=O)Nc2ccccc2F)c2ccc(Oc3ccccc3)cc2)cc1. The highest BCUT2D eigenvalue weighted by Gasteiger charge is 2.17. The van der Waals surface area contributed by atoms with Crippen LogP contribution in [0.5, 0.6) is 11.5 Å². The van der Waals surface area contributed by atoms with Gasteiger partial charge in [-0.25, -0.2) is 14.0 Å². The molecule has 0 atom stereocenters. The van der Waals surface area contributed by atoms with Crippen LogP contribution in [0.3, 0.4) is 0 Å². The van der Waals surface area contributed by atoms with E-state index >= 15 is 0 Å². The maximum atomic E-state index is 14.2. The van der Waals surface area contributed by atoms with Crippen LogP contribution in [0.1, 0.15) is 12.0 Å². The molecule has 4 rings (SSSR count). The number of para-hydroxylation sites is 2. The summed E-state index contributed by atoms with van der Waals surface area (Å²) in [5.74, 6) is 0.787. The van der Waals surface area contributed by atoms with Crippen molar-refractivity contribution in [3.63, 3.8) is 0 Å². The molecular weight excluding hydrogens is 483 g/mol. The first-order valence-corrected chi connectivity index (χ1v) is 12.3. The summed E-state index contributed by atoms with van der Waals surface area (Å²) in [6.45, 7) is 2.59. The molecule has 0 bridgehead atoms. The quantitative estimate of drug-likeness (QED) is 0.208. The van der Waals surface area contributed by atoms with Gasteiger partial charge >= 0.3 is 12.1 Å². The van der Waals surface area contributed by atoms with Crippen molar-refractivity contribution in [2.45, 2.75) is 13.3 Å². The Labute approximate surface area is 221 Å². The van der Waals surface area contributed by atoms with Crippen molar-refractivity contribution in [2.75, 3.05) is 28.6 Å². The summed E-state index contributed by atoms with van der Waals surface area (Å²) >= 11 is 0. The molecule has 38 heavy (non-hydrogen) atoms. The first kappa shape index (κ1) is 26.2. The number of hydrogen-bond donors (Lipinski definition) is 3. The number of ether oxygens (including phenoxy) is 1. The van der Waals surface area contributed by atoms with Crippen LogP contribution in [-0.2, 0) is 0 Å². The molecule has 0 radical (unpaired) electrons. The zero-order chi connectivity index (χ0) is 26.7. The number of aryl methyl sites for hydroxylation is 1. The number of anilines is 3. The van der Waals surface area contributed by atoms with Gasteiger partial charge in [0.15, 0.2) is 0 Å². The van der Waals surface area contributed by atoms with E-state index in [-0.39, 0.29) is 18.3 Å². The lowest BCUT2D eigenvalue weighted by atomic mass is 10.2. The molecular formula is C30H29FN4O3. The number of amides is 4. The van der Waals surface area contributed by atoms with Crippen LogP contribution >= 0.6 is 0 Å². The van der Waals surface area contributed by atoms with Gasteiger partial charge in [0.25, 0.3) is 0 Å². The molecule has 0 aliphatic carbocycles. The highest BCUT2D eigenvalue weighted by atomic mass is 19.1. The van der Waals surface area contributed by atoms with Gasteiger partial charge in [-0.1, -0.05) is 48.0 Å². The van der Waals surface area contributed by atoms with E-state index in [0.29, 0.717) is 35.8 Å². The number of carbonyl (C=O) groups is 2. The molecule has 4 aromatic carbocycles. The van der Waals surface area contributed by atoms with E-state index in [1.165, 1.54) is 17.0 Å². The lowest BCUT2D eigenvalue weighted by Crippen LogP contribution is -2.38. The second-order valence-electron chi connectivity index (χ2n) is 8.57. The monoisotopic (exact) mass is 512 g/mol. The van der Waals surface area contributed by atoms with Gasteiger partial charge in [0.2, 0.25) is 0 Å². The van der Waals surface area contributed by atoms with Crippen molar-refractivity contribution < 1.29 is 18.7 Å². The van der Waals surface area contributed by atoms with Gasteiger partial charge < -0.3 is 20.7 Å². The van der Waals surface area contributed by atoms with Crippen LogP contribution in [0.15, 0.2) is 103 Å². The number of carbonyl (C=O) groups excluding carboxylic acids is 2. The third kappa shape index (κ3) is 7.57.